The first-order valence-electron chi connectivity index (χ1n) is 10.3. The molecule has 2 rings (SSSR count). The van der Waals surface area contributed by atoms with Crippen LogP contribution < -0.4 is 61.6 Å². The summed E-state index contributed by atoms with van der Waals surface area (Å²) in [7, 11) is 2.01. The van der Waals surface area contributed by atoms with E-state index in [4.69, 9.17) is 0 Å². The SMILES string of the molecule is CCC1C[N-]CC(C)N1c1ncc(CC=O)cn1.CNCCCCC(C)C.[K+]. The van der Waals surface area contributed by atoms with Gasteiger partial charge in [0.05, 0.1) is 0 Å². The third kappa shape index (κ3) is 10.8. The second kappa shape index (κ2) is 16.9. The van der Waals surface area contributed by atoms with Crippen molar-refractivity contribution in [2.75, 3.05) is 31.6 Å². The Kier molecular flexibility index (Phi) is 16.9. The average molecular weight is 416 g/mol. The van der Waals surface area contributed by atoms with E-state index in [1.165, 1.54) is 25.8 Å². The number of aldehydes is 1. The van der Waals surface area contributed by atoms with Crippen LogP contribution in [0.4, 0.5) is 5.95 Å². The molecule has 1 aliphatic rings. The van der Waals surface area contributed by atoms with Crippen molar-refractivity contribution in [1.29, 1.82) is 0 Å². The predicted octanol–water partition coefficient (Wildman–Crippen LogP) is 0.615. The standard InChI is InChI=1S/C13H19N4O.C8H19N.K/c1-3-12-9-14-6-10(2)17(12)13-15-7-11(4-5-18)8-16-13;1-8(2)6-4-5-7-9-3;/h5,7-8,10,12H,3-4,6,9H2,1-2H3;8-9H,4-7H2,1-3H3;/q-1;;+1. The number of nitrogens with zero attached hydrogens (tertiary/aromatic N) is 4. The molecule has 0 spiro atoms. The molecule has 1 aromatic heterocycles. The summed E-state index contributed by atoms with van der Waals surface area (Å²) >= 11 is 0. The Balaban J connectivity index is 0.000000627. The number of piperazine rings is 1. The van der Waals surface area contributed by atoms with Crippen LogP contribution in [0.2, 0.25) is 0 Å². The van der Waals surface area contributed by atoms with Gasteiger partial charge in [-0.05, 0) is 44.8 Å². The summed E-state index contributed by atoms with van der Waals surface area (Å²) in [6.07, 6.45) is 9.84. The van der Waals surface area contributed by atoms with E-state index in [1.807, 2.05) is 7.05 Å². The fourth-order valence-electron chi connectivity index (χ4n) is 3.17. The summed E-state index contributed by atoms with van der Waals surface area (Å²) in [5, 5.41) is 7.63. The summed E-state index contributed by atoms with van der Waals surface area (Å²) in [5.41, 5.74) is 0.858. The number of aromatic nitrogens is 2. The summed E-state index contributed by atoms with van der Waals surface area (Å²) < 4.78 is 0. The van der Waals surface area contributed by atoms with Gasteiger partial charge in [0, 0.05) is 30.9 Å². The van der Waals surface area contributed by atoms with E-state index in [-0.39, 0.29) is 51.4 Å². The second-order valence-electron chi connectivity index (χ2n) is 7.66. The Labute approximate surface area is 214 Å². The molecule has 6 nitrogen and oxygen atoms in total. The number of nitrogens with one attached hydrogen (secondary N) is 1. The molecule has 2 atom stereocenters. The van der Waals surface area contributed by atoms with Crippen LogP contribution >= 0.6 is 0 Å². The molecule has 0 aromatic carbocycles. The number of unbranched alkanes of at least 4 members (excludes halogenated alkanes) is 1. The van der Waals surface area contributed by atoms with E-state index in [2.05, 4.69) is 53.2 Å². The molecule has 1 N–H and O–H groups in total. The molecule has 28 heavy (non-hydrogen) atoms. The first-order chi connectivity index (χ1) is 13.0. The minimum atomic E-state index is 0. The van der Waals surface area contributed by atoms with Crippen molar-refractivity contribution < 1.29 is 56.2 Å². The minimum Gasteiger partial charge on any atom is -0.659 e. The molecule has 1 fully saturated rings. The van der Waals surface area contributed by atoms with Gasteiger partial charge in [-0.25, -0.2) is 9.97 Å². The van der Waals surface area contributed by atoms with Crippen molar-refractivity contribution in [2.45, 2.75) is 71.9 Å². The van der Waals surface area contributed by atoms with Crippen molar-refractivity contribution in [3.8, 4) is 0 Å². The minimum absolute atomic E-state index is 0. The number of carbonyl (C=O) groups excluding carboxylic acids is 1. The molecule has 1 aliphatic heterocycles. The Morgan fingerprint density at radius 3 is 2.50 bits per heavy atom. The second-order valence-corrected chi connectivity index (χ2v) is 7.66. The van der Waals surface area contributed by atoms with Crippen LogP contribution in [0.1, 0.15) is 58.9 Å². The zero-order chi connectivity index (χ0) is 20.1. The van der Waals surface area contributed by atoms with Gasteiger partial charge in [-0.3, -0.25) is 0 Å². The van der Waals surface area contributed by atoms with Crippen LogP contribution in [0.5, 0.6) is 0 Å². The fraction of sp³-hybridized carbons (Fsp3) is 0.762. The van der Waals surface area contributed by atoms with Crippen molar-refractivity contribution in [3.05, 3.63) is 23.3 Å². The van der Waals surface area contributed by atoms with Crippen molar-refractivity contribution in [2.24, 2.45) is 5.92 Å². The summed E-state index contributed by atoms with van der Waals surface area (Å²) in [5.74, 6) is 1.63. The fourth-order valence-corrected chi connectivity index (χ4v) is 3.17. The third-order valence-corrected chi connectivity index (χ3v) is 4.77. The van der Waals surface area contributed by atoms with Crippen molar-refractivity contribution in [3.63, 3.8) is 0 Å². The largest absolute Gasteiger partial charge is 1.00 e. The van der Waals surface area contributed by atoms with Crippen molar-refractivity contribution >= 4 is 12.2 Å². The molecule has 7 heteroatoms. The van der Waals surface area contributed by atoms with E-state index in [1.54, 1.807) is 12.4 Å². The Morgan fingerprint density at radius 1 is 1.29 bits per heavy atom. The summed E-state index contributed by atoms with van der Waals surface area (Å²) in [4.78, 5) is 21.4. The molecule has 1 saturated heterocycles. The third-order valence-electron chi connectivity index (χ3n) is 4.77. The van der Waals surface area contributed by atoms with Crippen molar-refractivity contribution in [1.82, 2.24) is 15.3 Å². The zero-order valence-electron chi connectivity index (χ0n) is 18.8. The number of carbonyl (C=O) groups is 1. The molecule has 154 valence electrons. The molecule has 2 heterocycles. The maximum Gasteiger partial charge on any atom is 1.00 e. The number of anilines is 1. The number of rotatable bonds is 9. The van der Waals surface area contributed by atoms with Crippen LogP contribution in [-0.2, 0) is 11.2 Å². The van der Waals surface area contributed by atoms with Gasteiger partial charge in [-0.15, -0.1) is 13.1 Å². The van der Waals surface area contributed by atoms with E-state index in [9.17, 15) is 4.79 Å². The Morgan fingerprint density at radius 2 is 1.96 bits per heavy atom. The van der Waals surface area contributed by atoms with Gasteiger partial charge in [-0.2, -0.15) is 0 Å². The normalized spacial score (nSPS) is 18.9. The zero-order valence-corrected chi connectivity index (χ0v) is 21.9. The average Bonchev–Trinajstić information content (AvgIpc) is 2.66. The summed E-state index contributed by atoms with van der Waals surface area (Å²) in [6, 6.07) is 0.714. The maximum atomic E-state index is 10.4. The van der Waals surface area contributed by atoms with Gasteiger partial charge in [0.2, 0.25) is 5.95 Å². The van der Waals surface area contributed by atoms with Gasteiger partial charge in [0.15, 0.2) is 0 Å². The first-order valence-corrected chi connectivity index (χ1v) is 10.3. The Bertz CT molecular complexity index is 512. The van der Waals surface area contributed by atoms with E-state index >= 15 is 0 Å². The van der Waals surface area contributed by atoms with Crippen LogP contribution in [0.25, 0.3) is 5.32 Å². The number of hydrogen-bond acceptors (Lipinski definition) is 5. The van der Waals surface area contributed by atoms with Gasteiger partial charge < -0.3 is 20.3 Å². The molecule has 0 bridgehead atoms. The molecule has 0 radical (unpaired) electrons. The van der Waals surface area contributed by atoms with Crippen LogP contribution in [0.15, 0.2) is 12.4 Å². The molecule has 1 aromatic rings. The quantitative estimate of drug-likeness (QED) is 0.364. The van der Waals surface area contributed by atoms with Crippen LogP contribution in [-0.4, -0.2) is 55.0 Å². The van der Waals surface area contributed by atoms with Crippen LogP contribution in [0, 0.1) is 5.92 Å². The van der Waals surface area contributed by atoms with Gasteiger partial charge in [-0.1, -0.05) is 33.6 Å². The molecule has 0 amide bonds. The molecule has 0 saturated carbocycles. The molecule has 2 unspecified atom stereocenters. The topological polar surface area (TPSA) is 72.2 Å². The predicted molar refractivity (Wildman–Crippen MR) is 114 cm³/mol. The van der Waals surface area contributed by atoms with Gasteiger partial charge >= 0.3 is 51.4 Å². The maximum absolute atomic E-state index is 10.4. The van der Waals surface area contributed by atoms with E-state index in [0.29, 0.717) is 18.5 Å². The molecular formula is C21H38KN5O. The summed E-state index contributed by atoms with van der Waals surface area (Å²) in [6.45, 7) is 11.7. The van der Waals surface area contributed by atoms with E-state index < -0.39 is 0 Å². The Hall–Kier alpha value is 0.106. The monoisotopic (exact) mass is 415 g/mol. The molecular weight excluding hydrogens is 377 g/mol. The molecule has 0 aliphatic carbocycles. The first kappa shape index (κ1) is 28.1. The smallest absolute Gasteiger partial charge is 0.659 e. The van der Waals surface area contributed by atoms with E-state index in [0.717, 1.165) is 43.2 Å². The van der Waals surface area contributed by atoms with Gasteiger partial charge in [0.1, 0.15) is 6.29 Å². The van der Waals surface area contributed by atoms with Crippen LogP contribution in [0.3, 0.4) is 0 Å². The van der Waals surface area contributed by atoms with Gasteiger partial charge in [0.25, 0.3) is 0 Å². The number of hydrogen-bond donors (Lipinski definition) is 1.